The van der Waals surface area contributed by atoms with Crippen molar-refractivity contribution in [1.82, 2.24) is 10.6 Å². The second-order valence-electron chi connectivity index (χ2n) is 7.57. The number of carbonyl (C=O) groups excluding carboxylic acids is 2. The Labute approximate surface area is 146 Å². The molecule has 0 radical (unpaired) electrons. The molecule has 142 valence electrons. The van der Waals surface area contributed by atoms with Crippen LogP contribution in [0, 0.1) is 10.8 Å². The molecule has 0 spiro atoms. The third-order valence-electron chi connectivity index (χ3n) is 3.50. The van der Waals surface area contributed by atoms with Gasteiger partial charge in [-0.25, -0.2) is 0 Å². The van der Waals surface area contributed by atoms with Crippen LogP contribution in [-0.4, -0.2) is 57.9 Å². The summed E-state index contributed by atoms with van der Waals surface area (Å²) in [6, 6.07) is 0. The van der Waals surface area contributed by atoms with Crippen molar-refractivity contribution in [3.63, 3.8) is 0 Å². The Bertz CT molecular complexity index is 384. The molecule has 0 rings (SSSR count). The summed E-state index contributed by atoms with van der Waals surface area (Å²) in [5.41, 5.74) is 5.62. The summed E-state index contributed by atoms with van der Waals surface area (Å²) < 4.78 is 10.8. The maximum Gasteiger partial charge on any atom is 0.246 e. The quantitative estimate of drug-likeness (QED) is 0.455. The van der Waals surface area contributed by atoms with Crippen molar-refractivity contribution >= 4 is 11.8 Å². The fourth-order valence-electron chi connectivity index (χ4n) is 1.81. The molecule has 7 nitrogen and oxygen atoms in total. The first kappa shape index (κ1) is 22.8. The minimum absolute atomic E-state index is 0.0221. The lowest BCUT2D eigenvalue weighted by molar-refractivity contribution is -0.130. The van der Waals surface area contributed by atoms with E-state index in [1.54, 1.807) is 0 Å². The molecule has 0 bridgehead atoms. The van der Waals surface area contributed by atoms with Gasteiger partial charge < -0.3 is 25.8 Å². The van der Waals surface area contributed by atoms with E-state index < -0.39 is 0 Å². The molecule has 24 heavy (non-hydrogen) atoms. The van der Waals surface area contributed by atoms with Crippen LogP contribution in [0.3, 0.4) is 0 Å². The van der Waals surface area contributed by atoms with Crippen LogP contribution in [0.1, 0.15) is 41.0 Å². The minimum Gasteiger partial charge on any atom is -0.380 e. The molecule has 0 aliphatic carbocycles. The van der Waals surface area contributed by atoms with E-state index in [1.807, 2.05) is 6.92 Å². The van der Waals surface area contributed by atoms with E-state index in [1.165, 1.54) is 0 Å². The Hall–Kier alpha value is -1.18. The van der Waals surface area contributed by atoms with Crippen LogP contribution >= 0.6 is 0 Å². The van der Waals surface area contributed by atoms with E-state index in [0.717, 1.165) is 6.42 Å². The number of hydrogen-bond acceptors (Lipinski definition) is 5. The second-order valence-corrected chi connectivity index (χ2v) is 7.57. The molecule has 4 N–H and O–H groups in total. The van der Waals surface area contributed by atoms with Gasteiger partial charge in [0.15, 0.2) is 0 Å². The van der Waals surface area contributed by atoms with Crippen LogP contribution in [0.4, 0.5) is 0 Å². The van der Waals surface area contributed by atoms with Gasteiger partial charge in [0.05, 0.1) is 13.2 Å². The summed E-state index contributed by atoms with van der Waals surface area (Å²) in [5.74, 6) is -0.440. The first-order valence-corrected chi connectivity index (χ1v) is 8.51. The number of amides is 2. The fraction of sp³-hybridized carbons (Fsp3) is 0.882. The lowest BCUT2D eigenvalue weighted by atomic mass is 9.90. The molecular formula is C17H35N3O4. The highest BCUT2D eigenvalue weighted by Crippen LogP contribution is 2.22. The SMILES string of the molecule is CCNC(=O)COCC(=O)NCCC(C)(C)COCC(C)(C)CN. The smallest absolute Gasteiger partial charge is 0.246 e. The third-order valence-corrected chi connectivity index (χ3v) is 3.50. The maximum absolute atomic E-state index is 11.6. The van der Waals surface area contributed by atoms with Crippen LogP contribution in [-0.2, 0) is 19.1 Å². The van der Waals surface area contributed by atoms with E-state index in [2.05, 4.69) is 38.3 Å². The highest BCUT2D eigenvalue weighted by molar-refractivity contribution is 5.79. The monoisotopic (exact) mass is 345 g/mol. The van der Waals surface area contributed by atoms with Crippen molar-refractivity contribution < 1.29 is 19.1 Å². The summed E-state index contributed by atoms with van der Waals surface area (Å²) in [6.45, 7) is 12.9. The number of nitrogens with one attached hydrogen (secondary N) is 2. The Morgan fingerprint density at radius 3 is 2.00 bits per heavy atom. The highest BCUT2D eigenvalue weighted by Gasteiger charge is 2.21. The Morgan fingerprint density at radius 1 is 0.917 bits per heavy atom. The van der Waals surface area contributed by atoms with Crippen molar-refractivity contribution in [1.29, 1.82) is 0 Å². The normalized spacial score (nSPS) is 12.1. The molecule has 0 heterocycles. The Morgan fingerprint density at radius 2 is 1.46 bits per heavy atom. The summed E-state index contributed by atoms with van der Waals surface area (Å²) in [6.07, 6.45) is 0.790. The first-order valence-electron chi connectivity index (χ1n) is 8.51. The number of rotatable bonds is 13. The topological polar surface area (TPSA) is 103 Å². The highest BCUT2D eigenvalue weighted by atomic mass is 16.5. The molecule has 0 saturated heterocycles. The zero-order valence-corrected chi connectivity index (χ0v) is 15.9. The van der Waals surface area contributed by atoms with Gasteiger partial charge in [0.2, 0.25) is 11.8 Å². The van der Waals surface area contributed by atoms with Crippen LogP contribution in [0.2, 0.25) is 0 Å². The summed E-state index contributed by atoms with van der Waals surface area (Å²) in [7, 11) is 0. The predicted molar refractivity (Wildman–Crippen MR) is 94.6 cm³/mol. The molecule has 0 aliphatic rings. The standard InChI is InChI=1S/C17H35N3O4/c1-6-19-14(21)9-23-10-15(22)20-8-7-16(2,3)12-24-13-17(4,5)11-18/h6-13,18H2,1-5H3,(H,19,21)(H,20,22). The molecule has 0 unspecified atom stereocenters. The molecule has 0 atom stereocenters. The number of ether oxygens (including phenoxy) is 2. The predicted octanol–water partition coefficient (Wildman–Crippen LogP) is 0.673. The van der Waals surface area contributed by atoms with Gasteiger partial charge in [0, 0.05) is 18.5 Å². The number of likely N-dealkylation sites (N-methyl/N-ethyl adjacent to an activating group) is 1. The number of carbonyl (C=O) groups is 2. The largest absolute Gasteiger partial charge is 0.380 e. The van der Waals surface area contributed by atoms with Gasteiger partial charge in [-0.1, -0.05) is 27.7 Å². The third kappa shape index (κ3) is 12.3. The van der Waals surface area contributed by atoms with Crippen molar-refractivity contribution in [2.24, 2.45) is 16.6 Å². The molecule has 0 aromatic heterocycles. The Kier molecular flexibility index (Phi) is 10.8. The molecular weight excluding hydrogens is 310 g/mol. The lowest BCUT2D eigenvalue weighted by Crippen LogP contribution is -2.35. The second kappa shape index (κ2) is 11.4. The van der Waals surface area contributed by atoms with E-state index in [4.69, 9.17) is 15.2 Å². The van der Waals surface area contributed by atoms with Gasteiger partial charge in [-0.15, -0.1) is 0 Å². The average molecular weight is 345 g/mol. The van der Waals surface area contributed by atoms with Crippen molar-refractivity contribution in [2.75, 3.05) is 46.1 Å². The van der Waals surface area contributed by atoms with E-state index in [9.17, 15) is 9.59 Å². The Balaban J connectivity index is 3.83. The first-order chi connectivity index (χ1) is 11.1. The zero-order chi connectivity index (χ0) is 18.6. The van der Waals surface area contributed by atoms with Crippen LogP contribution in [0.15, 0.2) is 0 Å². The van der Waals surface area contributed by atoms with Crippen LogP contribution in [0.5, 0.6) is 0 Å². The van der Waals surface area contributed by atoms with Gasteiger partial charge in [-0.3, -0.25) is 9.59 Å². The molecule has 0 fully saturated rings. The van der Waals surface area contributed by atoms with Gasteiger partial charge in [-0.05, 0) is 25.3 Å². The van der Waals surface area contributed by atoms with Crippen LogP contribution < -0.4 is 16.4 Å². The van der Waals surface area contributed by atoms with Gasteiger partial charge in [-0.2, -0.15) is 0 Å². The maximum atomic E-state index is 11.6. The minimum atomic E-state index is -0.222. The molecule has 0 aromatic carbocycles. The summed E-state index contributed by atoms with van der Waals surface area (Å²) in [5, 5.41) is 5.39. The van der Waals surface area contributed by atoms with E-state index in [0.29, 0.717) is 32.8 Å². The summed E-state index contributed by atoms with van der Waals surface area (Å²) in [4.78, 5) is 22.8. The van der Waals surface area contributed by atoms with Gasteiger partial charge in [0.1, 0.15) is 13.2 Å². The van der Waals surface area contributed by atoms with Gasteiger partial charge in [0.25, 0.3) is 0 Å². The van der Waals surface area contributed by atoms with Crippen LogP contribution in [0.25, 0.3) is 0 Å². The molecule has 2 amide bonds. The zero-order valence-electron chi connectivity index (χ0n) is 15.9. The molecule has 0 aromatic rings. The molecule has 0 saturated carbocycles. The van der Waals surface area contributed by atoms with E-state index >= 15 is 0 Å². The van der Waals surface area contributed by atoms with Crippen molar-refractivity contribution in [2.45, 2.75) is 41.0 Å². The number of hydrogen-bond donors (Lipinski definition) is 3. The molecule has 7 heteroatoms. The van der Waals surface area contributed by atoms with Gasteiger partial charge >= 0.3 is 0 Å². The summed E-state index contributed by atoms with van der Waals surface area (Å²) >= 11 is 0. The average Bonchev–Trinajstić information content (AvgIpc) is 2.47. The van der Waals surface area contributed by atoms with Crippen molar-refractivity contribution in [3.05, 3.63) is 0 Å². The lowest BCUT2D eigenvalue weighted by Gasteiger charge is -2.28. The van der Waals surface area contributed by atoms with Crippen molar-refractivity contribution in [3.8, 4) is 0 Å². The fourth-order valence-corrected chi connectivity index (χ4v) is 1.81. The van der Waals surface area contributed by atoms with E-state index in [-0.39, 0.29) is 35.9 Å². The molecule has 0 aliphatic heterocycles. The number of nitrogens with two attached hydrogens (primary N) is 1.